The second-order valence-corrected chi connectivity index (χ2v) is 6.18. The van der Waals surface area contributed by atoms with Crippen LogP contribution in [0.2, 0.25) is 0 Å². The van der Waals surface area contributed by atoms with E-state index in [0.717, 1.165) is 23.3 Å². The predicted molar refractivity (Wildman–Crippen MR) is 105 cm³/mol. The fourth-order valence-corrected chi connectivity index (χ4v) is 2.73. The highest BCUT2D eigenvalue weighted by atomic mass is 16.5. The van der Waals surface area contributed by atoms with Crippen LogP contribution >= 0.6 is 0 Å². The Morgan fingerprint density at radius 3 is 2.56 bits per heavy atom. The number of methoxy groups -OCH3 is 2. The summed E-state index contributed by atoms with van der Waals surface area (Å²) < 4.78 is 10.2. The van der Waals surface area contributed by atoms with Gasteiger partial charge >= 0.3 is 0 Å². The fourth-order valence-electron chi connectivity index (χ4n) is 2.73. The lowest BCUT2D eigenvalue weighted by Gasteiger charge is -2.12. The van der Waals surface area contributed by atoms with Crippen molar-refractivity contribution in [3.8, 4) is 5.75 Å². The fraction of sp³-hybridized carbons (Fsp3) is 0.333. The first-order valence-corrected chi connectivity index (χ1v) is 8.84. The van der Waals surface area contributed by atoms with Crippen molar-refractivity contribution >= 4 is 17.5 Å². The maximum Gasteiger partial charge on any atom is 0.253 e. The van der Waals surface area contributed by atoms with Gasteiger partial charge < -0.3 is 20.1 Å². The summed E-state index contributed by atoms with van der Waals surface area (Å²) in [5, 5.41) is 5.67. The van der Waals surface area contributed by atoms with Gasteiger partial charge in [0.05, 0.1) is 24.8 Å². The molecule has 2 N–H and O–H groups in total. The molecule has 6 heteroatoms. The number of hydrogen-bond donors (Lipinski definition) is 2. The highest BCUT2D eigenvalue weighted by Gasteiger charge is 2.13. The minimum atomic E-state index is -0.220. The molecule has 2 rings (SSSR count). The molecule has 2 amide bonds. The van der Waals surface area contributed by atoms with Crippen LogP contribution in [0.1, 0.15) is 27.9 Å². The third-order valence-corrected chi connectivity index (χ3v) is 4.08. The average molecular weight is 370 g/mol. The van der Waals surface area contributed by atoms with Crippen LogP contribution in [0.15, 0.2) is 42.5 Å². The minimum absolute atomic E-state index is 0.181. The van der Waals surface area contributed by atoms with Gasteiger partial charge in [0.15, 0.2) is 0 Å². The standard InChI is InChI=1S/C21H26N2O4/c1-15-13-16(9-10-19(15)27-3)14-20(24)23-18-8-5-4-7-17(18)21(25)22-11-6-12-26-2/h4-5,7-10,13H,6,11-12,14H2,1-3H3,(H,22,25)(H,23,24). The number of nitrogens with one attached hydrogen (secondary N) is 2. The second-order valence-electron chi connectivity index (χ2n) is 6.18. The van der Waals surface area contributed by atoms with Crippen molar-refractivity contribution in [1.29, 1.82) is 0 Å². The van der Waals surface area contributed by atoms with Crippen molar-refractivity contribution < 1.29 is 19.1 Å². The van der Waals surface area contributed by atoms with E-state index < -0.39 is 0 Å². The summed E-state index contributed by atoms with van der Waals surface area (Å²) in [7, 11) is 3.24. The summed E-state index contributed by atoms with van der Waals surface area (Å²) in [5.41, 5.74) is 2.79. The molecule has 0 unspecified atom stereocenters. The molecule has 0 heterocycles. The number of ether oxygens (including phenoxy) is 2. The van der Waals surface area contributed by atoms with E-state index in [4.69, 9.17) is 9.47 Å². The quantitative estimate of drug-likeness (QED) is 0.666. The Balaban J connectivity index is 2.01. The first kappa shape index (κ1) is 20.5. The molecule has 0 aliphatic rings. The van der Waals surface area contributed by atoms with Crippen molar-refractivity contribution in [3.63, 3.8) is 0 Å². The molecule has 0 saturated carbocycles. The minimum Gasteiger partial charge on any atom is -0.496 e. The molecule has 2 aromatic carbocycles. The third-order valence-electron chi connectivity index (χ3n) is 4.08. The molecule has 0 spiro atoms. The number of carbonyl (C=O) groups excluding carboxylic acids is 2. The van der Waals surface area contributed by atoms with Crippen LogP contribution in [0.5, 0.6) is 5.75 Å². The third kappa shape index (κ3) is 6.11. The van der Waals surface area contributed by atoms with Crippen molar-refractivity contribution in [3.05, 3.63) is 59.2 Å². The van der Waals surface area contributed by atoms with Crippen LogP contribution in [-0.2, 0) is 16.0 Å². The Morgan fingerprint density at radius 1 is 1.07 bits per heavy atom. The van der Waals surface area contributed by atoms with E-state index in [0.29, 0.717) is 24.4 Å². The number of benzene rings is 2. The van der Waals surface area contributed by atoms with Gasteiger partial charge in [-0.25, -0.2) is 0 Å². The molecule has 144 valence electrons. The zero-order valence-electron chi connectivity index (χ0n) is 16.0. The van der Waals surface area contributed by atoms with Crippen LogP contribution in [-0.4, -0.2) is 39.2 Å². The smallest absolute Gasteiger partial charge is 0.253 e. The Labute approximate surface area is 159 Å². The molecule has 0 aliphatic carbocycles. The largest absolute Gasteiger partial charge is 0.496 e. The van der Waals surface area contributed by atoms with Gasteiger partial charge in [-0.2, -0.15) is 0 Å². The van der Waals surface area contributed by atoms with E-state index in [1.54, 1.807) is 38.5 Å². The van der Waals surface area contributed by atoms with Crippen LogP contribution < -0.4 is 15.4 Å². The van der Waals surface area contributed by atoms with E-state index in [2.05, 4.69) is 10.6 Å². The lowest BCUT2D eigenvalue weighted by atomic mass is 10.1. The van der Waals surface area contributed by atoms with Crippen molar-refractivity contribution in [2.24, 2.45) is 0 Å². The number of rotatable bonds is 9. The number of anilines is 1. The topological polar surface area (TPSA) is 76.7 Å². The van der Waals surface area contributed by atoms with Gasteiger partial charge in [0.2, 0.25) is 5.91 Å². The Morgan fingerprint density at radius 2 is 1.85 bits per heavy atom. The number of hydrogen-bond acceptors (Lipinski definition) is 4. The first-order valence-electron chi connectivity index (χ1n) is 8.84. The number of amides is 2. The number of para-hydroxylation sites is 1. The lowest BCUT2D eigenvalue weighted by Crippen LogP contribution is -2.27. The predicted octanol–water partition coefficient (Wildman–Crippen LogP) is 2.95. The molecule has 2 aromatic rings. The Kier molecular flexibility index (Phi) is 7.82. The second kappa shape index (κ2) is 10.3. The zero-order chi connectivity index (χ0) is 19.6. The van der Waals surface area contributed by atoms with Gasteiger partial charge in [-0.1, -0.05) is 24.3 Å². The van der Waals surface area contributed by atoms with Crippen LogP contribution in [0.4, 0.5) is 5.69 Å². The molecule has 0 radical (unpaired) electrons. The molecule has 0 aromatic heterocycles. The summed E-state index contributed by atoms with van der Waals surface area (Å²) >= 11 is 0. The first-order chi connectivity index (χ1) is 13.0. The SMILES string of the molecule is COCCCNC(=O)c1ccccc1NC(=O)Cc1ccc(OC)c(C)c1. The van der Waals surface area contributed by atoms with E-state index >= 15 is 0 Å². The van der Waals surface area contributed by atoms with Crippen molar-refractivity contribution in [1.82, 2.24) is 5.32 Å². The van der Waals surface area contributed by atoms with Crippen molar-refractivity contribution in [2.45, 2.75) is 19.8 Å². The molecular formula is C21H26N2O4. The molecule has 6 nitrogen and oxygen atoms in total. The van der Waals surface area contributed by atoms with Gasteiger partial charge in [-0.05, 0) is 42.7 Å². The summed E-state index contributed by atoms with van der Waals surface area (Å²) in [6.45, 7) is 3.03. The normalized spacial score (nSPS) is 10.3. The van der Waals surface area contributed by atoms with E-state index in [1.165, 1.54) is 0 Å². The van der Waals surface area contributed by atoms with Crippen LogP contribution in [0.3, 0.4) is 0 Å². The molecule has 0 atom stereocenters. The Bertz CT molecular complexity index is 790. The summed E-state index contributed by atoms with van der Waals surface area (Å²) in [4.78, 5) is 24.8. The summed E-state index contributed by atoms with van der Waals surface area (Å²) in [6.07, 6.45) is 0.947. The van der Waals surface area contributed by atoms with E-state index in [-0.39, 0.29) is 18.2 Å². The molecular weight excluding hydrogens is 344 g/mol. The van der Waals surface area contributed by atoms with Crippen LogP contribution in [0.25, 0.3) is 0 Å². The number of carbonyl (C=O) groups is 2. The van der Waals surface area contributed by atoms with E-state index in [1.807, 2.05) is 25.1 Å². The molecule has 0 fully saturated rings. The molecule has 27 heavy (non-hydrogen) atoms. The van der Waals surface area contributed by atoms with Crippen LogP contribution in [0, 0.1) is 6.92 Å². The summed E-state index contributed by atoms with van der Waals surface area (Å²) in [5.74, 6) is 0.385. The highest BCUT2D eigenvalue weighted by molar-refractivity contribution is 6.04. The molecule has 0 aliphatic heterocycles. The van der Waals surface area contributed by atoms with Gasteiger partial charge in [0, 0.05) is 20.3 Å². The van der Waals surface area contributed by atoms with Crippen molar-refractivity contribution in [2.75, 3.05) is 32.7 Å². The van der Waals surface area contributed by atoms with E-state index in [9.17, 15) is 9.59 Å². The monoisotopic (exact) mass is 370 g/mol. The highest BCUT2D eigenvalue weighted by Crippen LogP contribution is 2.20. The maximum atomic E-state index is 12.4. The lowest BCUT2D eigenvalue weighted by molar-refractivity contribution is -0.115. The molecule has 0 saturated heterocycles. The van der Waals surface area contributed by atoms with Gasteiger partial charge in [-0.15, -0.1) is 0 Å². The van der Waals surface area contributed by atoms with Gasteiger partial charge in [0.25, 0.3) is 5.91 Å². The van der Waals surface area contributed by atoms with Gasteiger partial charge in [0.1, 0.15) is 5.75 Å². The van der Waals surface area contributed by atoms with Gasteiger partial charge in [-0.3, -0.25) is 9.59 Å². The zero-order valence-corrected chi connectivity index (χ0v) is 16.0. The number of aryl methyl sites for hydroxylation is 1. The molecule has 0 bridgehead atoms. The summed E-state index contributed by atoms with van der Waals surface area (Å²) in [6, 6.07) is 12.6. The average Bonchev–Trinajstić information content (AvgIpc) is 2.65. The maximum absolute atomic E-state index is 12.4. The Hall–Kier alpha value is -2.86.